The summed E-state index contributed by atoms with van der Waals surface area (Å²) in [4.78, 5) is 8.54. The van der Waals surface area contributed by atoms with E-state index in [0.717, 1.165) is 0 Å². The van der Waals surface area contributed by atoms with Crippen LogP contribution in [0.1, 0.15) is 30.8 Å². The zero-order chi connectivity index (χ0) is 15.8. The van der Waals surface area contributed by atoms with Gasteiger partial charge in [-0.15, -0.1) is 0 Å². The second-order valence-electron chi connectivity index (χ2n) is 5.52. The first-order valence-corrected chi connectivity index (χ1v) is 6.69. The van der Waals surface area contributed by atoms with E-state index in [9.17, 15) is 22.7 Å². The fraction of sp³-hybridized carbons (Fsp3) is 0.692. The van der Waals surface area contributed by atoms with Crippen molar-refractivity contribution in [3.05, 3.63) is 17.0 Å². The standard InChI is InChI=1S/C13H17F4N3O/c1-3-9-8(4-5-20-6-12(2,14)7-20)10(13(15,16)17)19-11(21)18-9/h3-7H2,1-2H3,(H,18,19,21). The highest BCUT2D eigenvalue weighted by atomic mass is 19.4. The summed E-state index contributed by atoms with van der Waals surface area (Å²) in [5, 5.41) is 9.23. The number of aryl methyl sites for hydroxylation is 1. The molecular formula is C13H17F4N3O. The van der Waals surface area contributed by atoms with Crippen molar-refractivity contribution < 1.29 is 22.7 Å². The van der Waals surface area contributed by atoms with Crippen LogP contribution >= 0.6 is 0 Å². The third-order valence-electron chi connectivity index (χ3n) is 3.47. The van der Waals surface area contributed by atoms with Gasteiger partial charge in [-0.25, -0.2) is 9.37 Å². The number of hydrogen-bond donors (Lipinski definition) is 1. The number of rotatable bonds is 4. The number of alkyl halides is 4. The van der Waals surface area contributed by atoms with E-state index in [0.29, 0.717) is 6.54 Å². The third kappa shape index (κ3) is 3.61. The Morgan fingerprint density at radius 3 is 2.38 bits per heavy atom. The minimum atomic E-state index is -4.65. The molecule has 4 nitrogen and oxygen atoms in total. The monoisotopic (exact) mass is 307 g/mol. The molecule has 1 N–H and O–H groups in total. The first-order chi connectivity index (χ1) is 9.62. The number of aromatic nitrogens is 2. The van der Waals surface area contributed by atoms with Crippen LogP contribution in [-0.2, 0) is 19.0 Å². The highest BCUT2D eigenvalue weighted by Gasteiger charge is 2.40. The quantitative estimate of drug-likeness (QED) is 0.868. The molecule has 0 unspecified atom stereocenters. The molecular weight excluding hydrogens is 290 g/mol. The summed E-state index contributed by atoms with van der Waals surface area (Å²) >= 11 is 0. The molecule has 1 aliphatic heterocycles. The lowest BCUT2D eigenvalue weighted by atomic mass is 9.97. The Hall–Kier alpha value is -1.44. The van der Waals surface area contributed by atoms with Gasteiger partial charge in [-0.3, -0.25) is 4.90 Å². The number of halogens is 4. The zero-order valence-corrected chi connectivity index (χ0v) is 11.8. The summed E-state index contributed by atoms with van der Waals surface area (Å²) in [6, 6.07) is -0.872. The van der Waals surface area contributed by atoms with Crippen molar-refractivity contribution in [2.75, 3.05) is 19.6 Å². The second kappa shape index (κ2) is 5.40. The minimum absolute atomic E-state index is 0.0183. The summed E-state index contributed by atoms with van der Waals surface area (Å²) in [6.07, 6.45) is -4.31. The fourth-order valence-electron chi connectivity index (χ4n) is 2.62. The van der Waals surface area contributed by atoms with Crippen LogP contribution in [0.25, 0.3) is 0 Å². The lowest BCUT2D eigenvalue weighted by Gasteiger charge is -2.42. The summed E-state index contributed by atoms with van der Waals surface area (Å²) in [5.41, 5.74) is -2.20. The van der Waals surface area contributed by atoms with E-state index in [4.69, 9.17) is 0 Å². The van der Waals surface area contributed by atoms with E-state index in [1.807, 2.05) is 0 Å². The molecule has 0 atom stereocenters. The predicted octanol–water partition coefficient (Wildman–Crippen LogP) is 2.35. The van der Waals surface area contributed by atoms with Crippen LogP contribution in [0.15, 0.2) is 0 Å². The van der Waals surface area contributed by atoms with Gasteiger partial charge in [-0.05, 0) is 19.8 Å². The van der Waals surface area contributed by atoms with Crippen molar-refractivity contribution >= 4 is 0 Å². The van der Waals surface area contributed by atoms with E-state index in [1.54, 1.807) is 11.8 Å². The van der Waals surface area contributed by atoms with Crippen molar-refractivity contribution in [1.29, 1.82) is 0 Å². The number of nitrogens with zero attached hydrogens (tertiary/aromatic N) is 3. The molecule has 118 valence electrons. The van der Waals surface area contributed by atoms with Gasteiger partial charge in [0.1, 0.15) is 5.67 Å². The van der Waals surface area contributed by atoms with Crippen molar-refractivity contribution in [3.63, 3.8) is 0 Å². The molecule has 0 aliphatic carbocycles. The van der Waals surface area contributed by atoms with Gasteiger partial charge in [0.05, 0.1) is 5.69 Å². The molecule has 0 aromatic carbocycles. The minimum Gasteiger partial charge on any atom is -0.479 e. The van der Waals surface area contributed by atoms with Crippen LogP contribution in [0.2, 0.25) is 0 Å². The van der Waals surface area contributed by atoms with Crippen molar-refractivity contribution in [2.45, 2.75) is 38.5 Å². The Bertz CT molecular complexity index is 523. The Balaban J connectivity index is 2.20. The summed E-state index contributed by atoms with van der Waals surface area (Å²) < 4.78 is 52.4. The molecule has 1 aromatic heterocycles. The summed E-state index contributed by atoms with van der Waals surface area (Å²) in [7, 11) is 0. The highest BCUT2D eigenvalue weighted by Crippen LogP contribution is 2.33. The molecule has 1 aromatic rings. The van der Waals surface area contributed by atoms with Crippen LogP contribution in [0.4, 0.5) is 17.6 Å². The third-order valence-corrected chi connectivity index (χ3v) is 3.47. The summed E-state index contributed by atoms with van der Waals surface area (Å²) in [6.45, 7) is 3.87. The fourth-order valence-corrected chi connectivity index (χ4v) is 2.62. The van der Waals surface area contributed by atoms with Crippen LogP contribution in [0.5, 0.6) is 6.01 Å². The van der Waals surface area contributed by atoms with E-state index < -0.39 is 23.5 Å². The van der Waals surface area contributed by atoms with Gasteiger partial charge in [-0.1, -0.05) is 6.92 Å². The number of hydrogen-bond acceptors (Lipinski definition) is 4. The van der Waals surface area contributed by atoms with Crippen LogP contribution in [0, 0.1) is 0 Å². The molecule has 8 heteroatoms. The molecule has 0 saturated carbocycles. The predicted molar refractivity (Wildman–Crippen MR) is 67.7 cm³/mol. The van der Waals surface area contributed by atoms with Crippen LogP contribution < -0.4 is 0 Å². The molecule has 2 rings (SSSR count). The maximum atomic E-state index is 13.4. The average Bonchev–Trinajstić information content (AvgIpc) is 2.32. The molecule has 2 heterocycles. The van der Waals surface area contributed by atoms with Crippen molar-refractivity contribution in [1.82, 2.24) is 14.9 Å². The van der Waals surface area contributed by atoms with Gasteiger partial charge in [0, 0.05) is 25.2 Å². The Morgan fingerprint density at radius 2 is 1.90 bits per heavy atom. The topological polar surface area (TPSA) is 49.3 Å². The molecule has 1 aliphatic rings. The molecule has 1 saturated heterocycles. The molecule has 0 bridgehead atoms. The van der Waals surface area contributed by atoms with Gasteiger partial charge >= 0.3 is 12.2 Å². The molecule has 0 amide bonds. The van der Waals surface area contributed by atoms with Crippen LogP contribution in [-0.4, -0.2) is 45.3 Å². The average molecular weight is 307 g/mol. The smallest absolute Gasteiger partial charge is 0.433 e. The van der Waals surface area contributed by atoms with Gasteiger partial charge in [0.2, 0.25) is 0 Å². The zero-order valence-electron chi connectivity index (χ0n) is 11.8. The SMILES string of the molecule is CCc1nc(O)nc(C(F)(F)F)c1CCN1CC(C)(F)C1. The normalized spacial score (nSPS) is 18.6. The van der Waals surface area contributed by atoms with Gasteiger partial charge in [0.25, 0.3) is 0 Å². The Labute approximate surface area is 119 Å². The first-order valence-electron chi connectivity index (χ1n) is 6.69. The largest absolute Gasteiger partial charge is 0.479 e. The molecule has 0 spiro atoms. The lowest BCUT2D eigenvalue weighted by Crippen LogP contribution is -2.57. The Kier molecular flexibility index (Phi) is 4.10. The van der Waals surface area contributed by atoms with Crippen LogP contribution in [0.3, 0.4) is 0 Å². The Morgan fingerprint density at radius 1 is 1.29 bits per heavy atom. The number of aromatic hydroxyl groups is 1. The first kappa shape index (κ1) is 15.9. The van der Waals surface area contributed by atoms with Gasteiger partial charge in [0.15, 0.2) is 5.69 Å². The van der Waals surface area contributed by atoms with Gasteiger partial charge in [-0.2, -0.15) is 18.2 Å². The van der Waals surface area contributed by atoms with Crippen molar-refractivity contribution in [3.8, 4) is 6.01 Å². The second-order valence-corrected chi connectivity index (χ2v) is 5.52. The van der Waals surface area contributed by atoms with E-state index in [-0.39, 0.29) is 37.2 Å². The highest BCUT2D eigenvalue weighted by molar-refractivity contribution is 5.30. The van der Waals surface area contributed by atoms with Gasteiger partial charge < -0.3 is 5.11 Å². The molecule has 21 heavy (non-hydrogen) atoms. The number of likely N-dealkylation sites (tertiary alicyclic amines) is 1. The lowest BCUT2D eigenvalue weighted by molar-refractivity contribution is -0.142. The summed E-state index contributed by atoms with van der Waals surface area (Å²) in [5.74, 6) is 0. The van der Waals surface area contributed by atoms with E-state index in [2.05, 4.69) is 9.97 Å². The molecule has 1 fully saturated rings. The van der Waals surface area contributed by atoms with E-state index in [1.165, 1.54) is 6.92 Å². The molecule has 0 radical (unpaired) electrons. The van der Waals surface area contributed by atoms with E-state index >= 15 is 0 Å². The maximum absolute atomic E-state index is 13.4. The van der Waals surface area contributed by atoms with Crippen molar-refractivity contribution in [2.24, 2.45) is 0 Å². The maximum Gasteiger partial charge on any atom is 0.433 e.